The first-order valence-electron chi connectivity index (χ1n) is 13.1. The highest BCUT2D eigenvalue weighted by Gasteiger charge is 2.22. The van der Waals surface area contributed by atoms with E-state index in [9.17, 15) is 14.5 Å². The third kappa shape index (κ3) is 21.5. The minimum absolute atomic E-state index is 0.0737. The maximum atomic E-state index is 11.9. The molecule has 0 aliphatic rings. The van der Waals surface area contributed by atoms with Crippen molar-refractivity contribution in [3.63, 3.8) is 0 Å². The van der Waals surface area contributed by atoms with Crippen molar-refractivity contribution in [2.24, 2.45) is 0 Å². The van der Waals surface area contributed by atoms with Crippen molar-refractivity contribution in [2.75, 3.05) is 27.4 Å². The third-order valence-electron chi connectivity index (χ3n) is 5.54. The summed E-state index contributed by atoms with van der Waals surface area (Å²) in [5.74, 6) is 0.0737. The van der Waals surface area contributed by atoms with Gasteiger partial charge in [-0.2, -0.15) is 0 Å². The fraction of sp³-hybridized carbons (Fsp3) is 0.808. The summed E-state index contributed by atoms with van der Waals surface area (Å²) < 4.78 is 26.1. The lowest BCUT2D eigenvalue weighted by atomic mass is 10.1. The van der Waals surface area contributed by atoms with Crippen LogP contribution in [0, 0.1) is 0 Å². The molecule has 0 aliphatic carbocycles. The van der Waals surface area contributed by atoms with Gasteiger partial charge in [0.1, 0.15) is 0 Å². The maximum absolute atomic E-state index is 11.9. The van der Waals surface area contributed by atoms with Crippen molar-refractivity contribution in [1.29, 1.82) is 0 Å². The Bertz CT molecular complexity index is 574. The summed E-state index contributed by atoms with van der Waals surface area (Å²) >= 11 is 0. The number of phosphoric acid groups is 1. The average Bonchev–Trinajstić information content (AvgIpc) is 2.84. The zero-order chi connectivity index (χ0) is 25.3. The average molecular weight is 504 g/mol. The van der Waals surface area contributed by atoms with Gasteiger partial charge in [-0.25, -0.2) is 4.57 Å². The number of phosphoric ester groups is 1. The van der Waals surface area contributed by atoms with Gasteiger partial charge in [-0.3, -0.25) is 18.4 Å². The zero-order valence-electron chi connectivity index (χ0n) is 21.8. The summed E-state index contributed by atoms with van der Waals surface area (Å²) in [5, 5.41) is 12.8. The molecule has 0 bridgehead atoms. The lowest BCUT2D eigenvalue weighted by Crippen LogP contribution is -2.25. The smallest absolute Gasteiger partial charge is 0.393 e. The normalized spacial score (nSPS) is 13.2. The van der Waals surface area contributed by atoms with E-state index >= 15 is 0 Å². The van der Waals surface area contributed by atoms with Gasteiger partial charge < -0.3 is 10.4 Å². The number of hydrogen-bond acceptors (Lipinski definition) is 6. The highest BCUT2D eigenvalue weighted by Crippen LogP contribution is 2.47. The van der Waals surface area contributed by atoms with Crippen LogP contribution in [0.1, 0.15) is 103 Å². The van der Waals surface area contributed by atoms with Gasteiger partial charge in [-0.05, 0) is 57.8 Å². The molecular weight excluding hydrogens is 453 g/mol. The van der Waals surface area contributed by atoms with E-state index < -0.39 is 13.9 Å². The van der Waals surface area contributed by atoms with Gasteiger partial charge in [0.15, 0.2) is 0 Å². The Kier molecular flexibility index (Phi) is 23.1. The van der Waals surface area contributed by atoms with Crippen LogP contribution in [-0.4, -0.2) is 44.5 Å². The fourth-order valence-corrected chi connectivity index (χ4v) is 4.06. The number of amides is 1. The summed E-state index contributed by atoms with van der Waals surface area (Å²) in [6.07, 6.45) is 23.5. The Morgan fingerprint density at radius 3 is 2.15 bits per heavy atom. The fourth-order valence-electron chi connectivity index (χ4n) is 3.38. The third-order valence-corrected chi connectivity index (χ3v) is 6.93. The van der Waals surface area contributed by atoms with E-state index in [0.717, 1.165) is 25.7 Å². The number of hydrogen-bond donors (Lipinski definition) is 2. The molecule has 1 amide bonds. The number of allylic oxidation sites excluding steroid dienone is 4. The minimum Gasteiger partial charge on any atom is -0.393 e. The van der Waals surface area contributed by atoms with E-state index in [1.807, 2.05) is 0 Å². The molecule has 0 radical (unpaired) electrons. The van der Waals surface area contributed by atoms with Crippen LogP contribution in [0.2, 0.25) is 0 Å². The van der Waals surface area contributed by atoms with Crippen molar-refractivity contribution >= 4 is 13.7 Å². The summed E-state index contributed by atoms with van der Waals surface area (Å²) in [4.78, 5) is 11.9. The van der Waals surface area contributed by atoms with Crippen LogP contribution < -0.4 is 5.32 Å². The van der Waals surface area contributed by atoms with E-state index in [0.29, 0.717) is 32.2 Å². The molecule has 0 aromatic heterocycles. The van der Waals surface area contributed by atoms with Crippen LogP contribution in [0.3, 0.4) is 0 Å². The molecular formula is C26H50NO6P. The predicted molar refractivity (Wildman–Crippen MR) is 140 cm³/mol. The molecule has 1 atom stereocenters. The molecule has 0 fully saturated rings. The van der Waals surface area contributed by atoms with E-state index in [2.05, 4.69) is 45.6 Å². The van der Waals surface area contributed by atoms with Gasteiger partial charge in [-0.15, -0.1) is 0 Å². The Morgan fingerprint density at radius 1 is 0.882 bits per heavy atom. The van der Waals surface area contributed by atoms with Crippen LogP contribution >= 0.6 is 7.82 Å². The van der Waals surface area contributed by atoms with E-state index in [4.69, 9.17) is 4.52 Å². The van der Waals surface area contributed by atoms with Gasteiger partial charge >= 0.3 is 7.82 Å². The molecule has 7 nitrogen and oxygen atoms in total. The van der Waals surface area contributed by atoms with Crippen molar-refractivity contribution < 1.29 is 28.0 Å². The Labute approximate surface area is 208 Å². The quantitative estimate of drug-likeness (QED) is 0.0848. The van der Waals surface area contributed by atoms with Gasteiger partial charge in [0.05, 0.1) is 12.7 Å². The summed E-state index contributed by atoms with van der Waals surface area (Å²) in [6.45, 7) is 2.86. The second-order valence-electron chi connectivity index (χ2n) is 8.56. The molecule has 0 saturated carbocycles. The summed E-state index contributed by atoms with van der Waals surface area (Å²) in [6, 6.07) is 0. The second kappa shape index (κ2) is 23.7. The molecule has 0 rings (SSSR count). The molecule has 0 saturated heterocycles. The van der Waals surface area contributed by atoms with Crippen molar-refractivity contribution in [2.45, 2.75) is 109 Å². The van der Waals surface area contributed by atoms with Gasteiger partial charge in [0.25, 0.3) is 0 Å². The number of aliphatic hydroxyl groups is 1. The Morgan fingerprint density at radius 2 is 1.50 bits per heavy atom. The van der Waals surface area contributed by atoms with Crippen LogP contribution in [-0.2, 0) is 22.9 Å². The number of carbonyl (C=O) groups is 1. The van der Waals surface area contributed by atoms with E-state index in [-0.39, 0.29) is 12.5 Å². The molecule has 2 N–H and O–H groups in total. The zero-order valence-corrected chi connectivity index (χ0v) is 22.7. The Balaban J connectivity index is 3.48. The summed E-state index contributed by atoms with van der Waals surface area (Å²) in [5.41, 5.74) is 0. The highest BCUT2D eigenvalue weighted by molar-refractivity contribution is 7.48. The summed E-state index contributed by atoms with van der Waals surface area (Å²) in [7, 11) is -0.990. The molecule has 0 aromatic carbocycles. The second-order valence-corrected chi connectivity index (χ2v) is 10.4. The van der Waals surface area contributed by atoms with Gasteiger partial charge in [-0.1, -0.05) is 63.3 Å². The number of aliphatic hydroxyl groups excluding tert-OH is 1. The first-order chi connectivity index (χ1) is 16.5. The topological polar surface area (TPSA) is 94.1 Å². The molecule has 0 heterocycles. The number of nitrogens with one attached hydrogen (secondary N) is 1. The van der Waals surface area contributed by atoms with Crippen molar-refractivity contribution in [3.05, 3.63) is 24.3 Å². The van der Waals surface area contributed by atoms with Gasteiger partial charge in [0.2, 0.25) is 5.91 Å². The number of carbonyl (C=O) groups excluding carboxylic acids is 1. The SMILES string of the molecule is CCCCC/C=C\C/C=C\CCCCCCCC(=O)NCCCC(O)CCOP(=O)(OC)OC. The molecule has 34 heavy (non-hydrogen) atoms. The first-order valence-corrected chi connectivity index (χ1v) is 14.5. The standard InChI is InChI=1S/C26H50NO6P/c1-4-5-6-7-8-9-10-11-12-13-14-15-16-17-18-21-26(29)27-23-19-20-25(28)22-24-33-34(30,31-2)32-3/h8-9,11-12,25,28H,4-7,10,13-24H2,1-3H3,(H,27,29)/b9-8-,12-11-. The monoisotopic (exact) mass is 503 g/mol. The van der Waals surface area contributed by atoms with Crippen LogP contribution in [0.4, 0.5) is 0 Å². The largest absolute Gasteiger partial charge is 0.474 e. The van der Waals surface area contributed by atoms with E-state index in [1.165, 1.54) is 59.2 Å². The van der Waals surface area contributed by atoms with Crippen LogP contribution in [0.15, 0.2) is 24.3 Å². The lowest BCUT2D eigenvalue weighted by molar-refractivity contribution is -0.121. The van der Waals surface area contributed by atoms with Crippen LogP contribution in [0.5, 0.6) is 0 Å². The molecule has 0 aromatic rings. The molecule has 1 unspecified atom stereocenters. The molecule has 0 spiro atoms. The Hall–Kier alpha value is -0.980. The molecule has 200 valence electrons. The number of unbranched alkanes of at least 4 members (excludes halogenated alkanes) is 8. The van der Waals surface area contributed by atoms with Crippen molar-refractivity contribution in [1.82, 2.24) is 5.32 Å². The highest BCUT2D eigenvalue weighted by atomic mass is 31.2. The predicted octanol–water partition coefficient (Wildman–Crippen LogP) is 6.86. The molecule has 0 aliphatic heterocycles. The first kappa shape index (κ1) is 33.0. The number of rotatable bonds is 24. The maximum Gasteiger partial charge on any atom is 0.474 e. The van der Waals surface area contributed by atoms with Gasteiger partial charge in [0, 0.05) is 27.2 Å². The molecule has 8 heteroatoms. The van der Waals surface area contributed by atoms with Crippen molar-refractivity contribution in [3.8, 4) is 0 Å². The van der Waals surface area contributed by atoms with Crippen LogP contribution in [0.25, 0.3) is 0 Å². The van der Waals surface area contributed by atoms with E-state index in [1.54, 1.807) is 0 Å². The lowest BCUT2D eigenvalue weighted by Gasteiger charge is -2.15. The minimum atomic E-state index is -3.49.